The summed E-state index contributed by atoms with van der Waals surface area (Å²) < 4.78 is 0. The van der Waals surface area contributed by atoms with Crippen LogP contribution in [0, 0.1) is 5.92 Å². The molecule has 4 nitrogen and oxygen atoms in total. The molecule has 0 aliphatic rings. The minimum absolute atomic E-state index is 0.289. The van der Waals surface area contributed by atoms with Gasteiger partial charge in [0.1, 0.15) is 0 Å². The molecule has 0 amide bonds. The number of nitrogens with two attached hydrogens (primary N) is 1. The Kier molecular flexibility index (Phi) is 6.28. The summed E-state index contributed by atoms with van der Waals surface area (Å²) >= 11 is 0. The maximum Gasteiger partial charge on any atom is 0.206 e. The molecule has 0 rings (SSSR count). The van der Waals surface area contributed by atoms with E-state index in [1.807, 2.05) is 0 Å². The maximum atomic E-state index is 5.37. The van der Waals surface area contributed by atoms with Gasteiger partial charge in [-0.3, -0.25) is 5.43 Å². The quantitative estimate of drug-likeness (QED) is 0.277. The van der Waals surface area contributed by atoms with Crippen LogP contribution < -0.4 is 16.6 Å². The zero-order chi connectivity index (χ0) is 11.1. The number of hydrogen-bond donors (Lipinski definition) is 3. The zero-order valence-electron chi connectivity index (χ0n) is 9.96. The lowest BCUT2D eigenvalue weighted by molar-refractivity contribution is 0.468. The van der Waals surface area contributed by atoms with Gasteiger partial charge < -0.3 is 5.32 Å². The van der Waals surface area contributed by atoms with Gasteiger partial charge in [-0.15, -0.1) is 0 Å². The molecule has 0 fully saturated rings. The summed E-state index contributed by atoms with van der Waals surface area (Å²) in [6.07, 6.45) is 1.13. The van der Waals surface area contributed by atoms with Crippen LogP contribution in [0.3, 0.4) is 0 Å². The first-order valence-corrected chi connectivity index (χ1v) is 5.32. The predicted molar refractivity (Wildman–Crippen MR) is 61.9 cm³/mol. The second-order valence-electron chi connectivity index (χ2n) is 4.05. The van der Waals surface area contributed by atoms with Gasteiger partial charge in [0, 0.05) is 6.04 Å². The van der Waals surface area contributed by atoms with Crippen LogP contribution >= 0.6 is 0 Å². The van der Waals surface area contributed by atoms with E-state index in [2.05, 4.69) is 50.4 Å². The molecule has 0 spiro atoms. The first-order valence-electron chi connectivity index (χ1n) is 5.32. The lowest BCUT2D eigenvalue weighted by atomic mass is 10.0. The molecule has 14 heavy (non-hydrogen) atoms. The Bertz CT molecular complexity index is 177. The highest BCUT2D eigenvalue weighted by atomic mass is 15.3. The van der Waals surface area contributed by atoms with Gasteiger partial charge in [-0.1, -0.05) is 20.3 Å². The van der Waals surface area contributed by atoms with Crippen LogP contribution in [0.2, 0.25) is 0 Å². The number of nitrogens with zero attached hydrogens (tertiary/aromatic N) is 1. The number of guanidine groups is 1. The van der Waals surface area contributed by atoms with E-state index in [-0.39, 0.29) is 6.04 Å². The van der Waals surface area contributed by atoms with Crippen molar-refractivity contribution in [2.75, 3.05) is 0 Å². The van der Waals surface area contributed by atoms with Crippen molar-refractivity contribution >= 4 is 5.96 Å². The molecule has 0 saturated carbocycles. The molecule has 0 aliphatic heterocycles. The molecule has 0 saturated heterocycles. The van der Waals surface area contributed by atoms with Crippen LogP contribution in [0.1, 0.15) is 41.0 Å². The van der Waals surface area contributed by atoms with E-state index in [9.17, 15) is 0 Å². The van der Waals surface area contributed by atoms with Gasteiger partial charge in [0.25, 0.3) is 0 Å². The minimum Gasteiger partial charge on any atom is -0.353 e. The summed E-state index contributed by atoms with van der Waals surface area (Å²) in [5.74, 6) is 6.62. The number of hydrogen-bond acceptors (Lipinski definition) is 2. The molecule has 0 radical (unpaired) electrons. The Morgan fingerprint density at radius 1 is 1.29 bits per heavy atom. The lowest BCUT2D eigenvalue weighted by Gasteiger charge is -2.18. The predicted octanol–water partition coefficient (Wildman–Crippen LogP) is 1.24. The van der Waals surface area contributed by atoms with Crippen molar-refractivity contribution in [2.24, 2.45) is 16.8 Å². The van der Waals surface area contributed by atoms with Crippen molar-refractivity contribution in [1.29, 1.82) is 0 Å². The van der Waals surface area contributed by atoms with Crippen LogP contribution in [0.5, 0.6) is 0 Å². The monoisotopic (exact) mass is 200 g/mol. The lowest BCUT2D eigenvalue weighted by Crippen LogP contribution is -2.45. The average molecular weight is 200 g/mol. The molecule has 0 heterocycles. The fraction of sp³-hybridized carbons (Fsp3) is 0.900. The summed E-state index contributed by atoms with van der Waals surface area (Å²) in [4.78, 5) is 4.48. The van der Waals surface area contributed by atoms with Gasteiger partial charge in [0.15, 0.2) is 0 Å². The van der Waals surface area contributed by atoms with Crippen molar-refractivity contribution in [2.45, 2.75) is 53.1 Å². The molecule has 0 aromatic carbocycles. The van der Waals surface area contributed by atoms with Crippen molar-refractivity contribution in [3.63, 3.8) is 0 Å². The van der Waals surface area contributed by atoms with E-state index in [1.54, 1.807) is 0 Å². The SMILES string of the molecule is CCC(C)C(C)N=C(NN)NC(C)C. The average Bonchev–Trinajstić information content (AvgIpc) is 2.14. The molecule has 0 aromatic rings. The standard InChI is InChI=1S/C10H24N4/c1-6-8(4)9(5)13-10(14-11)12-7(2)3/h7-9H,6,11H2,1-5H3,(H2,12,13,14). The second-order valence-corrected chi connectivity index (χ2v) is 4.05. The van der Waals surface area contributed by atoms with Gasteiger partial charge in [0.05, 0.1) is 6.04 Å². The highest BCUT2D eigenvalue weighted by molar-refractivity contribution is 5.79. The summed E-state index contributed by atoms with van der Waals surface area (Å²) in [6, 6.07) is 0.631. The van der Waals surface area contributed by atoms with E-state index < -0.39 is 0 Å². The molecule has 4 N–H and O–H groups in total. The highest BCUT2D eigenvalue weighted by Gasteiger charge is 2.09. The topological polar surface area (TPSA) is 62.4 Å². The van der Waals surface area contributed by atoms with Gasteiger partial charge in [-0.2, -0.15) is 0 Å². The van der Waals surface area contributed by atoms with Gasteiger partial charge in [0.2, 0.25) is 5.96 Å². The summed E-state index contributed by atoms with van der Waals surface area (Å²) in [7, 11) is 0. The first kappa shape index (κ1) is 13.2. The molecule has 0 aliphatic carbocycles. The molecule has 0 aromatic heterocycles. The molecular formula is C10H24N4. The van der Waals surface area contributed by atoms with Crippen LogP contribution in [-0.2, 0) is 0 Å². The highest BCUT2D eigenvalue weighted by Crippen LogP contribution is 2.09. The molecule has 84 valence electrons. The third-order valence-electron chi connectivity index (χ3n) is 2.36. The Morgan fingerprint density at radius 3 is 2.21 bits per heavy atom. The zero-order valence-corrected chi connectivity index (χ0v) is 9.96. The molecule has 4 heteroatoms. The van der Waals surface area contributed by atoms with E-state index in [0.29, 0.717) is 17.9 Å². The largest absolute Gasteiger partial charge is 0.353 e. The van der Waals surface area contributed by atoms with E-state index in [1.165, 1.54) is 0 Å². The fourth-order valence-electron chi connectivity index (χ4n) is 1.06. The normalized spacial score (nSPS) is 16.6. The Hall–Kier alpha value is -0.770. The van der Waals surface area contributed by atoms with Gasteiger partial charge in [-0.25, -0.2) is 10.8 Å². The Balaban J connectivity index is 4.27. The van der Waals surface area contributed by atoms with Crippen LogP contribution in [0.4, 0.5) is 0 Å². The number of aliphatic imine (C=N–C) groups is 1. The van der Waals surface area contributed by atoms with Crippen molar-refractivity contribution in [3.8, 4) is 0 Å². The smallest absolute Gasteiger partial charge is 0.206 e. The number of hydrazine groups is 1. The summed E-state index contributed by atoms with van der Waals surface area (Å²) in [6.45, 7) is 10.6. The third-order valence-corrected chi connectivity index (χ3v) is 2.36. The second kappa shape index (κ2) is 6.65. The van der Waals surface area contributed by atoms with E-state index >= 15 is 0 Å². The van der Waals surface area contributed by atoms with Crippen molar-refractivity contribution < 1.29 is 0 Å². The van der Waals surface area contributed by atoms with E-state index in [0.717, 1.165) is 6.42 Å². The van der Waals surface area contributed by atoms with Crippen LogP contribution in [0.15, 0.2) is 4.99 Å². The Labute approximate surface area is 87.3 Å². The minimum atomic E-state index is 0.289. The van der Waals surface area contributed by atoms with Crippen molar-refractivity contribution in [3.05, 3.63) is 0 Å². The van der Waals surface area contributed by atoms with Crippen LogP contribution in [0.25, 0.3) is 0 Å². The summed E-state index contributed by atoms with van der Waals surface area (Å²) in [5.41, 5.74) is 2.58. The molecular weight excluding hydrogens is 176 g/mol. The van der Waals surface area contributed by atoms with Gasteiger partial charge >= 0.3 is 0 Å². The maximum absolute atomic E-state index is 5.37. The molecule has 2 unspecified atom stereocenters. The van der Waals surface area contributed by atoms with Crippen molar-refractivity contribution in [1.82, 2.24) is 10.7 Å². The first-order chi connectivity index (χ1) is 6.51. The van der Waals surface area contributed by atoms with Crippen LogP contribution in [-0.4, -0.2) is 18.0 Å². The molecule has 0 bridgehead atoms. The van der Waals surface area contributed by atoms with E-state index in [4.69, 9.17) is 5.84 Å². The van der Waals surface area contributed by atoms with Gasteiger partial charge in [-0.05, 0) is 26.7 Å². The Morgan fingerprint density at radius 2 is 1.86 bits per heavy atom. The number of rotatable bonds is 4. The third kappa shape index (κ3) is 5.07. The fourth-order valence-corrected chi connectivity index (χ4v) is 1.06. The number of nitrogens with one attached hydrogen (secondary N) is 2. The molecule has 2 atom stereocenters. The summed E-state index contributed by atoms with van der Waals surface area (Å²) in [5, 5.41) is 3.15.